The molecule has 0 spiro atoms. The molecule has 3 heterocycles. The van der Waals surface area contributed by atoms with Crippen LogP contribution < -0.4 is 10.5 Å². The van der Waals surface area contributed by atoms with Crippen LogP contribution in [0.3, 0.4) is 0 Å². The first-order chi connectivity index (χ1) is 9.63. The third kappa shape index (κ3) is 1.96. The van der Waals surface area contributed by atoms with Gasteiger partial charge in [-0.1, -0.05) is 0 Å². The summed E-state index contributed by atoms with van der Waals surface area (Å²) in [5.41, 5.74) is 6.61. The predicted octanol–water partition coefficient (Wildman–Crippen LogP) is -0.942. The van der Waals surface area contributed by atoms with Crippen molar-refractivity contribution in [1.29, 1.82) is 0 Å². The quantitative estimate of drug-likeness (QED) is 0.657. The maximum absolute atomic E-state index is 10.0. The Balaban J connectivity index is 2.06. The molecule has 20 heavy (non-hydrogen) atoms. The fraction of sp³-hybridized carbons (Fsp3) is 0.545. The number of aliphatic hydroxyl groups excluding tert-OH is 2. The van der Waals surface area contributed by atoms with Crippen molar-refractivity contribution in [2.75, 3.05) is 19.5 Å². The summed E-state index contributed by atoms with van der Waals surface area (Å²) >= 11 is 0. The van der Waals surface area contributed by atoms with Gasteiger partial charge in [0, 0.05) is 6.42 Å². The highest BCUT2D eigenvalue weighted by atomic mass is 16.5. The van der Waals surface area contributed by atoms with Crippen molar-refractivity contribution in [3.8, 4) is 6.01 Å². The second-order valence-corrected chi connectivity index (χ2v) is 4.55. The monoisotopic (exact) mass is 281 g/mol. The van der Waals surface area contributed by atoms with Gasteiger partial charge in [-0.25, -0.2) is 4.98 Å². The lowest BCUT2D eigenvalue weighted by atomic mass is 10.2. The fourth-order valence-electron chi connectivity index (χ4n) is 2.29. The topological polar surface area (TPSA) is 129 Å². The molecule has 0 unspecified atom stereocenters. The van der Waals surface area contributed by atoms with E-state index in [2.05, 4.69) is 15.0 Å². The highest BCUT2D eigenvalue weighted by molar-refractivity contribution is 5.82. The summed E-state index contributed by atoms with van der Waals surface area (Å²) in [5.74, 6) is 0.191. The minimum atomic E-state index is -0.758. The Morgan fingerprint density at radius 2 is 2.35 bits per heavy atom. The van der Waals surface area contributed by atoms with Crippen LogP contribution in [-0.2, 0) is 4.74 Å². The fourth-order valence-corrected chi connectivity index (χ4v) is 2.29. The van der Waals surface area contributed by atoms with E-state index in [0.29, 0.717) is 17.6 Å². The molecule has 1 saturated heterocycles. The summed E-state index contributed by atoms with van der Waals surface area (Å²) < 4.78 is 12.1. The average molecular weight is 281 g/mol. The third-order valence-corrected chi connectivity index (χ3v) is 3.25. The van der Waals surface area contributed by atoms with E-state index in [1.54, 1.807) is 4.57 Å². The number of aromatic nitrogens is 4. The molecule has 1 aliphatic rings. The van der Waals surface area contributed by atoms with E-state index in [4.69, 9.17) is 20.3 Å². The number of imidazole rings is 1. The molecule has 1 aliphatic heterocycles. The number of anilines is 1. The number of methoxy groups -OCH3 is 1. The SMILES string of the molecule is COc1nc(N)c2ncn([C@@H]3O[C@H](CO)C[C@H]3O)c2n1. The molecular formula is C11H15N5O4. The molecule has 108 valence electrons. The number of rotatable bonds is 3. The Bertz CT molecular complexity index is 631. The second kappa shape index (κ2) is 4.85. The largest absolute Gasteiger partial charge is 0.467 e. The Kier molecular flexibility index (Phi) is 3.16. The summed E-state index contributed by atoms with van der Waals surface area (Å²) in [6.07, 6.45) is -0.0159. The van der Waals surface area contributed by atoms with Gasteiger partial charge >= 0.3 is 6.01 Å². The first-order valence-electron chi connectivity index (χ1n) is 6.12. The summed E-state index contributed by atoms with van der Waals surface area (Å²) in [4.78, 5) is 12.2. The molecule has 2 aromatic rings. The van der Waals surface area contributed by atoms with Crippen molar-refractivity contribution in [1.82, 2.24) is 19.5 Å². The molecule has 0 saturated carbocycles. The lowest BCUT2D eigenvalue weighted by molar-refractivity contribution is -0.0487. The van der Waals surface area contributed by atoms with Gasteiger partial charge in [0.05, 0.1) is 26.1 Å². The van der Waals surface area contributed by atoms with E-state index in [1.807, 2.05) is 0 Å². The number of nitrogens with two attached hydrogens (primary N) is 1. The van der Waals surface area contributed by atoms with Crippen molar-refractivity contribution < 1.29 is 19.7 Å². The highest BCUT2D eigenvalue weighted by Gasteiger charge is 2.36. The number of hydrogen-bond acceptors (Lipinski definition) is 8. The van der Waals surface area contributed by atoms with Crippen LogP contribution in [0.5, 0.6) is 6.01 Å². The normalized spacial score (nSPS) is 26.2. The Hall–Kier alpha value is -1.97. The summed E-state index contributed by atoms with van der Waals surface area (Å²) in [5, 5.41) is 19.1. The van der Waals surface area contributed by atoms with Crippen molar-refractivity contribution >= 4 is 17.0 Å². The molecule has 0 aromatic carbocycles. The minimum Gasteiger partial charge on any atom is -0.467 e. The van der Waals surface area contributed by atoms with Crippen molar-refractivity contribution in [3.63, 3.8) is 0 Å². The van der Waals surface area contributed by atoms with Gasteiger partial charge in [0.2, 0.25) is 0 Å². The maximum Gasteiger partial charge on any atom is 0.320 e. The van der Waals surface area contributed by atoms with Gasteiger partial charge in [0.1, 0.15) is 6.10 Å². The Morgan fingerprint density at radius 3 is 3.00 bits per heavy atom. The van der Waals surface area contributed by atoms with Gasteiger partial charge in [0.15, 0.2) is 23.2 Å². The van der Waals surface area contributed by atoms with Crippen LogP contribution in [0.15, 0.2) is 6.33 Å². The molecule has 1 fully saturated rings. The number of aliphatic hydroxyl groups is 2. The van der Waals surface area contributed by atoms with Crippen molar-refractivity contribution in [2.24, 2.45) is 0 Å². The van der Waals surface area contributed by atoms with Crippen LogP contribution in [0.2, 0.25) is 0 Å². The zero-order valence-corrected chi connectivity index (χ0v) is 10.8. The summed E-state index contributed by atoms with van der Waals surface area (Å²) in [7, 11) is 1.43. The van der Waals surface area contributed by atoms with Crippen LogP contribution in [-0.4, -0.2) is 55.7 Å². The molecule has 9 nitrogen and oxygen atoms in total. The van der Waals surface area contributed by atoms with Crippen LogP contribution in [0, 0.1) is 0 Å². The second-order valence-electron chi connectivity index (χ2n) is 4.55. The molecule has 0 radical (unpaired) electrons. The van der Waals surface area contributed by atoms with E-state index in [1.165, 1.54) is 13.4 Å². The molecule has 4 N–H and O–H groups in total. The lowest BCUT2D eigenvalue weighted by Crippen LogP contribution is -2.19. The zero-order valence-electron chi connectivity index (χ0n) is 10.8. The first kappa shape index (κ1) is 13.0. The van der Waals surface area contributed by atoms with Gasteiger partial charge < -0.3 is 25.4 Å². The lowest BCUT2D eigenvalue weighted by Gasteiger charge is -2.16. The van der Waals surface area contributed by atoms with Gasteiger partial charge in [-0.15, -0.1) is 0 Å². The van der Waals surface area contributed by atoms with Crippen LogP contribution >= 0.6 is 0 Å². The smallest absolute Gasteiger partial charge is 0.320 e. The van der Waals surface area contributed by atoms with E-state index in [0.717, 1.165) is 0 Å². The standard InChI is InChI=1S/C11H15N5O4/c1-19-11-14-8(12)7-9(15-11)16(4-13-7)10-6(18)2-5(3-17)20-10/h4-6,10,17-18H,2-3H2,1H3,(H2,12,14,15)/t5-,6+,10+/m0/s1. The molecule has 9 heteroatoms. The highest BCUT2D eigenvalue weighted by Crippen LogP contribution is 2.31. The number of nitrogens with zero attached hydrogens (tertiary/aromatic N) is 4. The number of ether oxygens (including phenoxy) is 2. The molecular weight excluding hydrogens is 266 g/mol. The summed E-state index contributed by atoms with van der Waals surface area (Å²) in [6.45, 7) is -0.152. The van der Waals surface area contributed by atoms with Gasteiger partial charge in [-0.3, -0.25) is 4.57 Å². The first-order valence-corrected chi connectivity index (χ1v) is 6.12. The molecule has 3 atom stereocenters. The zero-order chi connectivity index (χ0) is 14.3. The van der Waals surface area contributed by atoms with Crippen LogP contribution in [0.1, 0.15) is 12.6 Å². The van der Waals surface area contributed by atoms with E-state index >= 15 is 0 Å². The number of nitrogen functional groups attached to an aromatic ring is 1. The van der Waals surface area contributed by atoms with E-state index in [-0.39, 0.29) is 18.4 Å². The summed E-state index contributed by atoms with van der Waals surface area (Å²) in [6, 6.07) is 0.114. The van der Waals surface area contributed by atoms with Gasteiger partial charge in [-0.2, -0.15) is 9.97 Å². The maximum atomic E-state index is 10.0. The number of hydrogen-bond donors (Lipinski definition) is 3. The Morgan fingerprint density at radius 1 is 1.55 bits per heavy atom. The predicted molar refractivity (Wildman–Crippen MR) is 67.9 cm³/mol. The molecule has 0 amide bonds. The Labute approximate surface area is 114 Å². The molecule has 2 aromatic heterocycles. The minimum absolute atomic E-state index is 0.114. The number of fused-ring (bicyclic) bond motifs is 1. The van der Waals surface area contributed by atoms with Crippen LogP contribution in [0.4, 0.5) is 5.82 Å². The molecule has 0 aliphatic carbocycles. The van der Waals surface area contributed by atoms with Crippen molar-refractivity contribution in [2.45, 2.75) is 24.9 Å². The molecule has 3 rings (SSSR count). The third-order valence-electron chi connectivity index (χ3n) is 3.25. The van der Waals surface area contributed by atoms with Crippen LogP contribution in [0.25, 0.3) is 11.2 Å². The van der Waals surface area contributed by atoms with Gasteiger partial charge in [-0.05, 0) is 0 Å². The van der Waals surface area contributed by atoms with E-state index in [9.17, 15) is 5.11 Å². The van der Waals surface area contributed by atoms with Crippen molar-refractivity contribution in [3.05, 3.63) is 6.33 Å². The van der Waals surface area contributed by atoms with E-state index < -0.39 is 18.4 Å². The average Bonchev–Trinajstić information content (AvgIpc) is 3.01. The molecule has 0 bridgehead atoms. The van der Waals surface area contributed by atoms with Gasteiger partial charge in [0.25, 0.3) is 0 Å².